The van der Waals surface area contributed by atoms with Crippen LogP contribution in [0.1, 0.15) is 26.7 Å². The number of aromatic nitrogens is 2. The molecule has 1 aromatic heterocycles. The Hall–Kier alpha value is -2.86. The number of imide groups is 1. The molecule has 0 radical (unpaired) electrons. The number of thioether (sulfide) groups is 1. The average Bonchev–Trinajstić information content (AvgIpc) is 3.15. The maximum atomic E-state index is 12.4. The van der Waals surface area contributed by atoms with E-state index in [1.165, 1.54) is 16.7 Å². The molecule has 1 aliphatic rings. The highest BCUT2D eigenvalue weighted by molar-refractivity contribution is 7.99. The third kappa shape index (κ3) is 4.49. The second-order valence-corrected chi connectivity index (χ2v) is 9.39. The van der Waals surface area contributed by atoms with Crippen molar-refractivity contribution < 1.29 is 9.59 Å². The molecule has 0 unspecified atom stereocenters. The molecule has 154 valence electrons. The predicted octanol–water partition coefficient (Wildman–Crippen LogP) is 5.01. The molecule has 2 heterocycles. The zero-order chi connectivity index (χ0) is 21.1. The van der Waals surface area contributed by atoms with E-state index in [0.29, 0.717) is 25.1 Å². The first-order valence-corrected chi connectivity index (χ1v) is 11.1. The molecule has 0 bridgehead atoms. The molecule has 6 heteroatoms. The highest BCUT2D eigenvalue weighted by atomic mass is 32.2. The van der Waals surface area contributed by atoms with Crippen molar-refractivity contribution in [2.45, 2.75) is 31.8 Å². The average molecular weight is 420 g/mol. The third-order valence-corrected chi connectivity index (χ3v) is 6.06. The van der Waals surface area contributed by atoms with E-state index in [4.69, 9.17) is 4.98 Å². The Balaban J connectivity index is 1.51. The number of H-pyrrole nitrogens is 1. The summed E-state index contributed by atoms with van der Waals surface area (Å²) in [5.74, 6) is 0.450. The number of imidazole rings is 1. The fraction of sp³-hybridized carbons (Fsp3) is 0.292. The molecule has 30 heavy (non-hydrogen) atoms. The Bertz CT molecular complexity index is 968. The number of aromatic amines is 1. The summed E-state index contributed by atoms with van der Waals surface area (Å²) >= 11 is 1.53. The Morgan fingerprint density at radius 3 is 2.10 bits per heavy atom. The van der Waals surface area contributed by atoms with E-state index in [9.17, 15) is 9.59 Å². The van der Waals surface area contributed by atoms with Crippen molar-refractivity contribution >= 4 is 23.6 Å². The molecule has 4 rings (SSSR count). The summed E-state index contributed by atoms with van der Waals surface area (Å²) in [7, 11) is 0. The minimum atomic E-state index is -0.242. The van der Waals surface area contributed by atoms with E-state index in [1.54, 1.807) is 0 Å². The van der Waals surface area contributed by atoms with Crippen LogP contribution in [0, 0.1) is 5.41 Å². The summed E-state index contributed by atoms with van der Waals surface area (Å²) in [5, 5.41) is 0.782. The van der Waals surface area contributed by atoms with E-state index < -0.39 is 0 Å². The quantitative estimate of drug-likeness (QED) is 0.450. The minimum absolute atomic E-state index is 0.0776. The normalized spacial score (nSPS) is 16.1. The Labute approximate surface area is 180 Å². The molecule has 0 aliphatic carbocycles. The lowest BCUT2D eigenvalue weighted by Crippen LogP contribution is -2.46. The lowest BCUT2D eigenvalue weighted by atomic mass is 9.82. The first kappa shape index (κ1) is 20.4. The van der Waals surface area contributed by atoms with Gasteiger partial charge in [-0.2, -0.15) is 0 Å². The van der Waals surface area contributed by atoms with Crippen molar-refractivity contribution in [3.05, 3.63) is 60.7 Å². The lowest BCUT2D eigenvalue weighted by molar-refractivity contribution is -0.152. The molecule has 0 saturated carbocycles. The van der Waals surface area contributed by atoms with Gasteiger partial charge in [0.15, 0.2) is 5.16 Å². The number of likely N-dealkylation sites (tertiary alicyclic amines) is 1. The SMILES string of the molecule is CC1(C)CC(=O)N(CCSc2nc(-c3ccccc3)c(-c3ccccc3)[nH]2)C(=O)C1. The van der Waals surface area contributed by atoms with E-state index in [0.717, 1.165) is 27.7 Å². The molecule has 1 N–H and O–H groups in total. The maximum absolute atomic E-state index is 12.4. The maximum Gasteiger partial charge on any atom is 0.229 e. The van der Waals surface area contributed by atoms with Crippen LogP contribution < -0.4 is 0 Å². The largest absolute Gasteiger partial charge is 0.332 e. The molecule has 1 saturated heterocycles. The second kappa shape index (κ2) is 8.48. The smallest absolute Gasteiger partial charge is 0.229 e. The van der Waals surface area contributed by atoms with Gasteiger partial charge in [-0.25, -0.2) is 4.98 Å². The molecule has 2 aromatic carbocycles. The third-order valence-electron chi connectivity index (χ3n) is 5.21. The molecule has 2 amide bonds. The van der Waals surface area contributed by atoms with Gasteiger partial charge in [-0.1, -0.05) is 86.3 Å². The van der Waals surface area contributed by atoms with E-state index >= 15 is 0 Å². The predicted molar refractivity (Wildman–Crippen MR) is 120 cm³/mol. The van der Waals surface area contributed by atoms with E-state index in [-0.39, 0.29) is 17.2 Å². The topological polar surface area (TPSA) is 66.1 Å². The number of hydrogen-bond acceptors (Lipinski definition) is 4. The summed E-state index contributed by atoms with van der Waals surface area (Å²) in [6.07, 6.45) is 0.834. The fourth-order valence-corrected chi connectivity index (χ4v) is 4.53. The number of nitrogens with zero attached hydrogens (tertiary/aromatic N) is 2. The number of amides is 2. The number of rotatable bonds is 6. The van der Waals surface area contributed by atoms with Crippen LogP contribution in [0.3, 0.4) is 0 Å². The Kier molecular flexibility index (Phi) is 5.77. The van der Waals surface area contributed by atoms with Crippen LogP contribution in [0.25, 0.3) is 22.5 Å². The highest BCUT2D eigenvalue weighted by Crippen LogP contribution is 2.34. The van der Waals surface area contributed by atoms with Crippen molar-refractivity contribution in [2.75, 3.05) is 12.3 Å². The summed E-state index contributed by atoms with van der Waals surface area (Å²) in [6.45, 7) is 4.34. The van der Waals surface area contributed by atoms with Crippen LogP contribution in [-0.4, -0.2) is 39.0 Å². The molecule has 5 nitrogen and oxygen atoms in total. The molecule has 1 aliphatic heterocycles. The fourth-order valence-electron chi connectivity index (χ4n) is 3.73. The summed E-state index contributed by atoms with van der Waals surface area (Å²) < 4.78 is 0. The van der Waals surface area contributed by atoms with Gasteiger partial charge in [0.1, 0.15) is 0 Å². The summed E-state index contributed by atoms with van der Waals surface area (Å²) in [6, 6.07) is 20.2. The minimum Gasteiger partial charge on any atom is -0.332 e. The standard InChI is InChI=1S/C24H25N3O2S/c1-24(2)15-19(28)27(20(29)16-24)13-14-30-23-25-21(17-9-5-3-6-10-17)22(26-23)18-11-7-4-8-12-18/h3-12H,13-16H2,1-2H3,(H,25,26). The molecular formula is C24H25N3O2S. The van der Waals surface area contributed by atoms with Crippen molar-refractivity contribution in [1.82, 2.24) is 14.9 Å². The van der Waals surface area contributed by atoms with Gasteiger partial charge in [-0.05, 0) is 5.41 Å². The number of piperidine rings is 1. The zero-order valence-corrected chi connectivity index (χ0v) is 18.0. The number of benzene rings is 2. The van der Waals surface area contributed by atoms with Crippen LogP contribution in [0.15, 0.2) is 65.8 Å². The van der Waals surface area contributed by atoms with Gasteiger partial charge in [0.25, 0.3) is 0 Å². The molecular weight excluding hydrogens is 394 g/mol. The monoisotopic (exact) mass is 419 g/mol. The van der Waals surface area contributed by atoms with Gasteiger partial charge in [-0.15, -0.1) is 0 Å². The van der Waals surface area contributed by atoms with Crippen molar-refractivity contribution in [2.24, 2.45) is 5.41 Å². The first-order valence-electron chi connectivity index (χ1n) is 10.1. The van der Waals surface area contributed by atoms with Crippen molar-refractivity contribution in [3.8, 4) is 22.5 Å². The zero-order valence-electron chi connectivity index (χ0n) is 17.2. The van der Waals surface area contributed by atoms with Crippen LogP contribution in [-0.2, 0) is 9.59 Å². The van der Waals surface area contributed by atoms with Crippen LogP contribution >= 0.6 is 11.8 Å². The first-order chi connectivity index (χ1) is 14.4. The van der Waals surface area contributed by atoms with Gasteiger partial charge in [-0.3, -0.25) is 14.5 Å². The molecule has 0 atom stereocenters. The van der Waals surface area contributed by atoms with Crippen LogP contribution in [0.4, 0.5) is 0 Å². The van der Waals surface area contributed by atoms with Crippen LogP contribution in [0.5, 0.6) is 0 Å². The molecule has 1 fully saturated rings. The summed E-state index contributed by atoms with van der Waals surface area (Å²) in [4.78, 5) is 34.4. The number of hydrogen-bond donors (Lipinski definition) is 1. The van der Waals surface area contributed by atoms with Gasteiger partial charge >= 0.3 is 0 Å². The number of nitrogens with one attached hydrogen (secondary N) is 1. The van der Waals surface area contributed by atoms with Gasteiger partial charge in [0.05, 0.1) is 11.4 Å². The lowest BCUT2D eigenvalue weighted by Gasteiger charge is -2.34. The summed E-state index contributed by atoms with van der Waals surface area (Å²) in [5.41, 5.74) is 3.74. The van der Waals surface area contributed by atoms with Crippen molar-refractivity contribution in [3.63, 3.8) is 0 Å². The Morgan fingerprint density at radius 2 is 1.50 bits per heavy atom. The van der Waals surface area contributed by atoms with E-state index in [2.05, 4.69) is 17.1 Å². The van der Waals surface area contributed by atoms with Gasteiger partial charge in [0, 0.05) is 36.3 Å². The highest BCUT2D eigenvalue weighted by Gasteiger charge is 2.37. The van der Waals surface area contributed by atoms with Crippen molar-refractivity contribution in [1.29, 1.82) is 0 Å². The van der Waals surface area contributed by atoms with Gasteiger partial charge < -0.3 is 4.98 Å². The molecule has 3 aromatic rings. The van der Waals surface area contributed by atoms with Gasteiger partial charge in [0.2, 0.25) is 11.8 Å². The van der Waals surface area contributed by atoms with Crippen LogP contribution in [0.2, 0.25) is 0 Å². The Morgan fingerprint density at radius 1 is 0.933 bits per heavy atom. The number of carbonyl (C=O) groups excluding carboxylic acids is 2. The molecule has 0 spiro atoms. The second-order valence-electron chi connectivity index (χ2n) is 8.30. The number of carbonyl (C=O) groups is 2. The van der Waals surface area contributed by atoms with E-state index in [1.807, 2.05) is 62.4 Å².